The maximum Gasteiger partial charge on any atom is 0.262 e. The highest BCUT2D eigenvalue weighted by atomic mass is 19.1. The molecule has 1 aromatic heterocycles. The van der Waals surface area contributed by atoms with Gasteiger partial charge in [-0.1, -0.05) is 42.5 Å². The molecule has 7 nitrogen and oxygen atoms in total. The molecule has 3 amide bonds. The molecule has 0 saturated heterocycles. The third kappa shape index (κ3) is 3.86. The molecule has 34 heavy (non-hydrogen) atoms. The smallest absolute Gasteiger partial charge is 0.262 e. The van der Waals surface area contributed by atoms with Crippen LogP contribution in [0.15, 0.2) is 91.3 Å². The van der Waals surface area contributed by atoms with Gasteiger partial charge in [-0.25, -0.2) is 9.07 Å². The summed E-state index contributed by atoms with van der Waals surface area (Å²) in [4.78, 5) is 40.5. The average molecular weight is 454 g/mol. The van der Waals surface area contributed by atoms with Crippen molar-refractivity contribution < 1.29 is 18.8 Å². The molecular weight excluding hydrogens is 435 g/mol. The predicted molar refractivity (Wildman–Crippen MR) is 123 cm³/mol. The van der Waals surface area contributed by atoms with Crippen LogP contribution in [0.5, 0.6) is 0 Å². The van der Waals surface area contributed by atoms with E-state index in [1.165, 1.54) is 23.0 Å². The zero-order valence-electron chi connectivity index (χ0n) is 17.9. The van der Waals surface area contributed by atoms with Crippen molar-refractivity contribution >= 4 is 23.4 Å². The Morgan fingerprint density at radius 1 is 0.912 bits per heavy atom. The summed E-state index contributed by atoms with van der Waals surface area (Å²) in [5.41, 5.74) is 1.72. The lowest BCUT2D eigenvalue weighted by molar-refractivity contribution is -0.119. The van der Waals surface area contributed by atoms with Crippen molar-refractivity contribution in [2.45, 2.75) is 12.5 Å². The number of fused-ring (bicyclic) bond motifs is 1. The molecule has 3 aromatic carbocycles. The molecule has 0 bridgehead atoms. The van der Waals surface area contributed by atoms with Crippen LogP contribution in [-0.4, -0.2) is 38.4 Å². The van der Waals surface area contributed by atoms with Crippen molar-refractivity contribution in [1.29, 1.82) is 0 Å². The molecule has 5 rings (SSSR count). The number of amides is 3. The van der Waals surface area contributed by atoms with Crippen LogP contribution in [0.4, 0.5) is 10.1 Å². The molecule has 0 saturated carbocycles. The molecule has 1 unspecified atom stereocenters. The number of nitrogens with zero attached hydrogens (tertiary/aromatic N) is 3. The first-order chi connectivity index (χ1) is 16.5. The van der Waals surface area contributed by atoms with Crippen LogP contribution < -0.4 is 5.32 Å². The summed E-state index contributed by atoms with van der Waals surface area (Å²) in [6.45, 7) is 0. The molecule has 0 spiro atoms. The summed E-state index contributed by atoms with van der Waals surface area (Å²) in [7, 11) is 0. The highest BCUT2D eigenvalue weighted by Crippen LogP contribution is 2.27. The molecule has 2 heterocycles. The van der Waals surface area contributed by atoms with Gasteiger partial charge in [0.15, 0.2) is 5.82 Å². The Morgan fingerprint density at radius 2 is 1.59 bits per heavy atom. The second-order valence-electron chi connectivity index (χ2n) is 7.84. The standard InChI is InChI=1S/C26H19FN4O3/c27-21-16-18(11-12-22(21)30-14-6-13-28-30)29-24(32)23(15-17-7-2-1-3-8-17)31-25(33)19-9-4-5-10-20(19)26(31)34/h1-14,16,23H,15H2,(H,29,32). The number of imide groups is 1. The Kier molecular flexibility index (Phi) is 5.47. The number of halogens is 1. The van der Waals surface area contributed by atoms with E-state index >= 15 is 0 Å². The van der Waals surface area contributed by atoms with Gasteiger partial charge in [0.05, 0.1) is 11.1 Å². The molecule has 4 aromatic rings. The van der Waals surface area contributed by atoms with Crippen LogP contribution in [0.1, 0.15) is 26.3 Å². The van der Waals surface area contributed by atoms with Crippen LogP contribution in [0, 0.1) is 5.82 Å². The lowest BCUT2D eigenvalue weighted by atomic mass is 10.0. The number of aromatic nitrogens is 2. The molecular formula is C26H19FN4O3. The number of carbonyl (C=O) groups excluding carboxylic acids is 3. The SMILES string of the molecule is O=C(Nc1ccc(-n2cccn2)c(F)c1)C(Cc1ccccc1)N1C(=O)c2ccccc2C1=O. The summed E-state index contributed by atoms with van der Waals surface area (Å²) in [6.07, 6.45) is 3.26. The quantitative estimate of drug-likeness (QED) is 0.449. The summed E-state index contributed by atoms with van der Waals surface area (Å²) < 4.78 is 16.1. The Hall–Kier alpha value is -4.59. The number of benzene rings is 3. The van der Waals surface area contributed by atoms with E-state index < -0.39 is 29.6 Å². The fourth-order valence-electron chi connectivity index (χ4n) is 4.04. The molecule has 1 N–H and O–H groups in total. The van der Waals surface area contributed by atoms with E-state index in [0.29, 0.717) is 0 Å². The molecule has 0 aliphatic carbocycles. The van der Waals surface area contributed by atoms with Gasteiger partial charge in [-0.2, -0.15) is 5.10 Å². The van der Waals surface area contributed by atoms with E-state index in [9.17, 15) is 18.8 Å². The first kappa shape index (κ1) is 21.3. The first-order valence-electron chi connectivity index (χ1n) is 10.6. The van der Waals surface area contributed by atoms with E-state index in [0.717, 1.165) is 10.5 Å². The van der Waals surface area contributed by atoms with Gasteiger partial charge < -0.3 is 5.32 Å². The average Bonchev–Trinajstić information content (AvgIpc) is 3.46. The topological polar surface area (TPSA) is 84.3 Å². The van der Waals surface area contributed by atoms with E-state index in [-0.39, 0.29) is 28.9 Å². The van der Waals surface area contributed by atoms with Gasteiger partial charge in [0, 0.05) is 24.5 Å². The van der Waals surface area contributed by atoms with Crippen LogP contribution in [0.25, 0.3) is 5.69 Å². The van der Waals surface area contributed by atoms with Gasteiger partial charge in [0.25, 0.3) is 11.8 Å². The van der Waals surface area contributed by atoms with Crippen molar-refractivity contribution in [2.75, 3.05) is 5.32 Å². The highest BCUT2D eigenvalue weighted by molar-refractivity contribution is 6.23. The largest absolute Gasteiger partial charge is 0.324 e. The van der Waals surface area contributed by atoms with Gasteiger partial charge >= 0.3 is 0 Å². The first-order valence-corrected chi connectivity index (χ1v) is 10.6. The lowest BCUT2D eigenvalue weighted by Gasteiger charge is -2.25. The molecule has 1 aliphatic heterocycles. The predicted octanol–water partition coefficient (Wildman–Crippen LogP) is 3.86. The van der Waals surface area contributed by atoms with Gasteiger partial charge in [-0.05, 0) is 42.0 Å². The number of hydrogen-bond donors (Lipinski definition) is 1. The number of carbonyl (C=O) groups is 3. The van der Waals surface area contributed by atoms with Crippen LogP contribution in [-0.2, 0) is 11.2 Å². The summed E-state index contributed by atoms with van der Waals surface area (Å²) in [6, 6.07) is 20.3. The monoisotopic (exact) mass is 454 g/mol. The van der Waals surface area contributed by atoms with Gasteiger partial charge in [0.2, 0.25) is 5.91 Å². The fourth-order valence-corrected chi connectivity index (χ4v) is 4.04. The Morgan fingerprint density at radius 3 is 2.21 bits per heavy atom. The van der Waals surface area contributed by atoms with Crippen molar-refractivity contribution in [3.63, 3.8) is 0 Å². The van der Waals surface area contributed by atoms with Crippen LogP contribution in [0.3, 0.4) is 0 Å². The molecule has 8 heteroatoms. The van der Waals surface area contributed by atoms with Gasteiger partial charge in [0.1, 0.15) is 11.7 Å². The zero-order chi connectivity index (χ0) is 23.7. The number of anilines is 1. The Bertz CT molecular complexity index is 1350. The number of hydrogen-bond acceptors (Lipinski definition) is 4. The summed E-state index contributed by atoms with van der Waals surface area (Å²) in [5, 5.41) is 6.68. The number of nitrogens with one attached hydrogen (secondary N) is 1. The lowest BCUT2D eigenvalue weighted by Crippen LogP contribution is -2.48. The maximum absolute atomic E-state index is 14.7. The second-order valence-corrected chi connectivity index (χ2v) is 7.84. The minimum atomic E-state index is -1.12. The van der Waals surface area contributed by atoms with Crippen molar-refractivity contribution in [1.82, 2.24) is 14.7 Å². The molecule has 168 valence electrons. The van der Waals surface area contributed by atoms with Crippen LogP contribution in [0.2, 0.25) is 0 Å². The normalized spacial score (nSPS) is 13.6. The van der Waals surface area contributed by atoms with Crippen molar-refractivity contribution in [2.24, 2.45) is 0 Å². The minimum Gasteiger partial charge on any atom is -0.324 e. The number of rotatable bonds is 6. The van der Waals surface area contributed by atoms with Crippen LogP contribution >= 0.6 is 0 Å². The zero-order valence-corrected chi connectivity index (χ0v) is 17.9. The second kappa shape index (κ2) is 8.74. The minimum absolute atomic E-state index is 0.117. The van der Waals surface area contributed by atoms with Crippen molar-refractivity contribution in [3.05, 3.63) is 114 Å². The Balaban J connectivity index is 1.45. The summed E-state index contributed by atoms with van der Waals surface area (Å²) in [5.74, 6) is -2.24. The third-order valence-electron chi connectivity index (χ3n) is 5.68. The van der Waals surface area contributed by atoms with E-state index in [1.54, 1.807) is 42.6 Å². The molecule has 0 radical (unpaired) electrons. The maximum atomic E-state index is 14.7. The van der Waals surface area contributed by atoms with E-state index in [1.807, 2.05) is 30.3 Å². The molecule has 0 fully saturated rings. The van der Waals surface area contributed by atoms with Gasteiger partial charge in [-0.3, -0.25) is 19.3 Å². The third-order valence-corrected chi connectivity index (χ3v) is 5.68. The van der Waals surface area contributed by atoms with E-state index in [2.05, 4.69) is 10.4 Å². The summed E-state index contributed by atoms with van der Waals surface area (Å²) >= 11 is 0. The fraction of sp³-hybridized carbons (Fsp3) is 0.0769. The molecule has 1 aliphatic rings. The highest BCUT2D eigenvalue weighted by Gasteiger charge is 2.42. The van der Waals surface area contributed by atoms with E-state index in [4.69, 9.17) is 0 Å². The van der Waals surface area contributed by atoms with Crippen molar-refractivity contribution in [3.8, 4) is 5.69 Å². The van der Waals surface area contributed by atoms with Gasteiger partial charge in [-0.15, -0.1) is 0 Å². The molecule has 1 atom stereocenters. The Labute approximate surface area is 194 Å².